The molecule has 0 heterocycles. The highest BCUT2D eigenvalue weighted by Gasteiger charge is 2.24. The fraction of sp³-hybridized carbons (Fsp3) is 0.148. The summed E-state index contributed by atoms with van der Waals surface area (Å²) in [6.07, 6.45) is 0. The molecule has 0 fully saturated rings. The number of halogens is 1. The Hall–Kier alpha value is -4.90. The van der Waals surface area contributed by atoms with Crippen LogP contribution in [-0.2, 0) is 9.53 Å². The average Bonchev–Trinajstić information content (AvgIpc) is 2.93. The number of carbonyl (C=O) groups is 5. The van der Waals surface area contributed by atoms with Crippen molar-refractivity contribution in [2.24, 2.45) is 0 Å². The van der Waals surface area contributed by atoms with E-state index in [2.05, 4.69) is 15.4 Å². The van der Waals surface area contributed by atoms with E-state index in [-0.39, 0.29) is 33.0 Å². The zero-order valence-electron chi connectivity index (χ0n) is 20.8. The van der Waals surface area contributed by atoms with E-state index in [1.165, 1.54) is 73.7 Å². The van der Waals surface area contributed by atoms with E-state index >= 15 is 0 Å². The third-order valence-electron chi connectivity index (χ3n) is 5.60. The van der Waals surface area contributed by atoms with Crippen molar-refractivity contribution < 1.29 is 38.9 Å². The van der Waals surface area contributed by atoms with Gasteiger partial charge in [0.15, 0.2) is 0 Å². The van der Waals surface area contributed by atoms with Crippen LogP contribution in [0, 0.1) is 0 Å². The Bertz CT molecular complexity index is 1440. The lowest BCUT2D eigenvalue weighted by Crippen LogP contribution is -2.48. The molecule has 4 N–H and O–H groups in total. The highest BCUT2D eigenvalue weighted by atomic mass is 35.5. The van der Waals surface area contributed by atoms with Gasteiger partial charge in [0.1, 0.15) is 11.8 Å². The molecule has 0 saturated carbocycles. The molecule has 3 amide bonds. The van der Waals surface area contributed by atoms with E-state index in [9.17, 15) is 34.2 Å². The first-order chi connectivity index (χ1) is 18.5. The number of carboxylic acid groups (broad SMARTS) is 1. The molecule has 3 aromatic carbocycles. The molecule has 11 nitrogen and oxygen atoms in total. The van der Waals surface area contributed by atoms with E-state index < -0.39 is 42.2 Å². The van der Waals surface area contributed by atoms with Crippen molar-refractivity contribution in [3.63, 3.8) is 0 Å². The highest BCUT2D eigenvalue weighted by Crippen LogP contribution is 2.23. The molecule has 0 aromatic heterocycles. The van der Waals surface area contributed by atoms with Gasteiger partial charge >= 0.3 is 11.9 Å². The van der Waals surface area contributed by atoms with Crippen molar-refractivity contribution in [3.05, 3.63) is 94.0 Å². The summed E-state index contributed by atoms with van der Waals surface area (Å²) in [5.41, 5.74) is 0.724. The molecule has 3 rings (SSSR count). The van der Waals surface area contributed by atoms with Crippen molar-refractivity contribution in [1.82, 2.24) is 10.6 Å². The number of methoxy groups -OCH3 is 1. The Kier molecular flexibility index (Phi) is 9.24. The molecule has 0 aliphatic heterocycles. The highest BCUT2D eigenvalue weighted by molar-refractivity contribution is 6.34. The van der Waals surface area contributed by atoms with Gasteiger partial charge < -0.3 is 30.5 Å². The number of hydrogen-bond acceptors (Lipinski definition) is 7. The van der Waals surface area contributed by atoms with Gasteiger partial charge in [0, 0.05) is 36.5 Å². The molecular weight excluding hydrogens is 530 g/mol. The molecule has 0 aliphatic carbocycles. The molecule has 0 bridgehead atoms. The van der Waals surface area contributed by atoms with Gasteiger partial charge in [-0.3, -0.25) is 14.4 Å². The van der Waals surface area contributed by atoms with Gasteiger partial charge in [0.2, 0.25) is 0 Å². The van der Waals surface area contributed by atoms with Crippen LogP contribution in [0.15, 0.2) is 66.7 Å². The first kappa shape index (κ1) is 28.7. The lowest BCUT2D eigenvalue weighted by atomic mass is 10.1. The van der Waals surface area contributed by atoms with Crippen LogP contribution in [0.1, 0.15) is 41.4 Å². The van der Waals surface area contributed by atoms with E-state index in [4.69, 9.17) is 11.6 Å². The zero-order valence-corrected chi connectivity index (χ0v) is 21.6. The van der Waals surface area contributed by atoms with Crippen LogP contribution in [0.5, 0.6) is 5.75 Å². The first-order valence-electron chi connectivity index (χ1n) is 11.4. The number of benzene rings is 3. The maximum Gasteiger partial charge on any atom is 0.337 e. The van der Waals surface area contributed by atoms with Crippen LogP contribution in [0.25, 0.3) is 0 Å². The fourth-order valence-electron chi connectivity index (χ4n) is 3.48. The van der Waals surface area contributed by atoms with Crippen LogP contribution < -0.4 is 15.5 Å². The second-order valence-corrected chi connectivity index (χ2v) is 8.63. The lowest BCUT2D eigenvalue weighted by molar-refractivity contribution is -0.139. The molecular formula is C27H24ClN3O8. The minimum atomic E-state index is -1.51. The van der Waals surface area contributed by atoms with Crippen LogP contribution >= 0.6 is 11.6 Å². The van der Waals surface area contributed by atoms with E-state index in [0.717, 1.165) is 0 Å². The molecule has 202 valence electrons. The standard InChI is InChI=1S/C27H24ClN3O8/c1-31(18-7-4-8-19(32)13-18)25(35)16-9-10-20(21(28)12-16)24(34)30-22(26(36)37)14-29-23(33)15-5-3-6-17(11-15)27(38)39-2/h3-13,22,32H,14H2,1-2H3,(H,29,33)(H,30,34)(H,36,37)/t22-/m0/s1. The number of amides is 3. The third-order valence-corrected chi connectivity index (χ3v) is 5.91. The number of nitrogens with one attached hydrogen (secondary N) is 2. The quantitative estimate of drug-likeness (QED) is 0.294. The molecule has 0 unspecified atom stereocenters. The van der Waals surface area contributed by atoms with Crippen LogP contribution in [-0.4, -0.2) is 66.6 Å². The Morgan fingerprint density at radius 1 is 0.923 bits per heavy atom. The predicted molar refractivity (Wildman–Crippen MR) is 141 cm³/mol. The number of aliphatic carboxylic acids is 1. The van der Waals surface area contributed by atoms with Crippen LogP contribution in [0.2, 0.25) is 5.02 Å². The Labute approximate surface area is 228 Å². The number of hydrogen-bond donors (Lipinski definition) is 4. The molecule has 0 spiro atoms. The number of ether oxygens (including phenoxy) is 1. The second-order valence-electron chi connectivity index (χ2n) is 8.23. The molecule has 3 aromatic rings. The van der Waals surface area contributed by atoms with Crippen LogP contribution in [0.4, 0.5) is 5.69 Å². The number of carboxylic acids is 1. The smallest absolute Gasteiger partial charge is 0.337 e. The summed E-state index contributed by atoms with van der Waals surface area (Å²) < 4.78 is 4.62. The minimum absolute atomic E-state index is 0.0175. The number of aromatic hydroxyl groups is 1. The number of phenolic OH excluding ortho intramolecular Hbond substituents is 1. The van der Waals surface area contributed by atoms with Gasteiger partial charge in [0.25, 0.3) is 17.7 Å². The Morgan fingerprint density at radius 2 is 1.62 bits per heavy atom. The fourth-order valence-corrected chi connectivity index (χ4v) is 3.75. The third kappa shape index (κ3) is 7.11. The molecule has 0 radical (unpaired) electrons. The number of esters is 1. The first-order valence-corrected chi connectivity index (χ1v) is 11.8. The number of anilines is 1. The molecule has 39 heavy (non-hydrogen) atoms. The largest absolute Gasteiger partial charge is 0.508 e. The number of nitrogens with zero attached hydrogens (tertiary/aromatic N) is 1. The van der Waals surface area contributed by atoms with Gasteiger partial charge in [-0.05, 0) is 48.5 Å². The van der Waals surface area contributed by atoms with Gasteiger partial charge in [-0.25, -0.2) is 9.59 Å². The minimum Gasteiger partial charge on any atom is -0.508 e. The van der Waals surface area contributed by atoms with Crippen LogP contribution in [0.3, 0.4) is 0 Å². The van der Waals surface area contributed by atoms with Crippen molar-refractivity contribution in [3.8, 4) is 5.75 Å². The lowest BCUT2D eigenvalue weighted by Gasteiger charge is -2.19. The summed E-state index contributed by atoms with van der Waals surface area (Å²) in [6.45, 7) is -0.467. The summed E-state index contributed by atoms with van der Waals surface area (Å²) >= 11 is 6.24. The molecule has 12 heteroatoms. The number of carbonyl (C=O) groups excluding carboxylic acids is 4. The summed E-state index contributed by atoms with van der Waals surface area (Å²) in [5, 5.41) is 23.8. The average molecular weight is 554 g/mol. The molecule has 1 atom stereocenters. The molecule has 0 aliphatic rings. The van der Waals surface area contributed by atoms with Crippen molar-refractivity contribution in [2.75, 3.05) is 25.6 Å². The maximum absolute atomic E-state index is 12.8. The van der Waals surface area contributed by atoms with Gasteiger partial charge in [-0.1, -0.05) is 23.7 Å². The Balaban J connectivity index is 1.68. The maximum atomic E-state index is 12.8. The topological polar surface area (TPSA) is 162 Å². The number of phenols is 1. The Morgan fingerprint density at radius 3 is 2.26 bits per heavy atom. The van der Waals surface area contributed by atoms with Gasteiger partial charge in [-0.15, -0.1) is 0 Å². The monoisotopic (exact) mass is 553 g/mol. The SMILES string of the molecule is COC(=O)c1cccc(C(=O)NC[C@H](NC(=O)c2ccc(C(=O)N(C)c3cccc(O)c3)cc2Cl)C(=O)O)c1. The van der Waals surface area contributed by atoms with Gasteiger partial charge in [0.05, 0.1) is 23.3 Å². The zero-order chi connectivity index (χ0) is 28.7. The normalized spacial score (nSPS) is 11.2. The van der Waals surface area contributed by atoms with Crippen molar-refractivity contribution in [2.45, 2.75) is 6.04 Å². The van der Waals surface area contributed by atoms with E-state index in [0.29, 0.717) is 5.69 Å². The summed E-state index contributed by atoms with van der Waals surface area (Å²) in [6, 6.07) is 14.1. The molecule has 0 saturated heterocycles. The van der Waals surface area contributed by atoms with Crippen molar-refractivity contribution >= 4 is 46.9 Å². The summed E-state index contributed by atoms with van der Waals surface area (Å²) in [7, 11) is 2.70. The van der Waals surface area contributed by atoms with Gasteiger partial charge in [-0.2, -0.15) is 0 Å². The summed E-state index contributed by atoms with van der Waals surface area (Å²) in [4.78, 5) is 62.8. The van der Waals surface area contributed by atoms with E-state index in [1.807, 2.05) is 0 Å². The summed E-state index contributed by atoms with van der Waals surface area (Å²) in [5.74, 6) is -4.04. The predicted octanol–water partition coefficient (Wildman–Crippen LogP) is 2.72. The van der Waals surface area contributed by atoms with Crippen molar-refractivity contribution in [1.29, 1.82) is 0 Å². The second kappa shape index (κ2) is 12.6. The number of rotatable bonds is 9. The van der Waals surface area contributed by atoms with E-state index in [1.54, 1.807) is 12.1 Å².